The third-order valence-corrected chi connectivity index (χ3v) is 1.63. The minimum atomic E-state index is 0.808. The van der Waals surface area contributed by atoms with Crippen molar-refractivity contribution in [3.63, 3.8) is 0 Å². The fourth-order valence-electron chi connectivity index (χ4n) is 0.762. The van der Waals surface area contributed by atoms with Gasteiger partial charge in [0.15, 0.2) is 0 Å². The summed E-state index contributed by atoms with van der Waals surface area (Å²) in [4.78, 5) is 0. The van der Waals surface area contributed by atoms with Gasteiger partial charge in [-0.25, -0.2) is 0 Å². The Bertz CT molecular complexity index is 277. The Hall–Kier alpha value is -0.700. The first kappa shape index (κ1) is 7.41. The molecule has 0 spiro atoms. The molecule has 2 nitrogen and oxygen atoms in total. The molecular weight excluding hydrogens is 144 g/mol. The van der Waals surface area contributed by atoms with Gasteiger partial charge in [-0.1, -0.05) is 12.2 Å². The van der Waals surface area contributed by atoms with Gasteiger partial charge in [0, 0.05) is 6.54 Å². The van der Waals surface area contributed by atoms with Crippen LogP contribution < -0.4 is 0 Å². The first-order valence-corrected chi connectivity index (χ1v) is 3.68. The van der Waals surface area contributed by atoms with Crippen LogP contribution in [0.5, 0.6) is 0 Å². The Morgan fingerprint density at radius 3 is 2.90 bits per heavy atom. The van der Waals surface area contributed by atoms with Crippen LogP contribution >= 0.6 is 12.2 Å². The third-order valence-electron chi connectivity index (χ3n) is 1.31. The van der Waals surface area contributed by atoms with Crippen molar-refractivity contribution < 1.29 is 0 Å². The molecule has 0 aliphatic carbocycles. The van der Waals surface area contributed by atoms with Crippen LogP contribution in [0, 0.1) is 11.6 Å². The molecule has 0 saturated heterocycles. The maximum Gasteiger partial charge on any atom is 0.122 e. The molecule has 0 aliphatic rings. The van der Waals surface area contributed by atoms with Crippen molar-refractivity contribution in [1.29, 1.82) is 0 Å². The van der Waals surface area contributed by atoms with Gasteiger partial charge in [-0.2, -0.15) is 5.10 Å². The van der Waals surface area contributed by atoms with E-state index in [2.05, 4.69) is 5.10 Å². The number of hydrogen-bond donors (Lipinski definition) is 0. The molecule has 1 rings (SSSR count). The lowest BCUT2D eigenvalue weighted by Gasteiger charge is -1.99. The topological polar surface area (TPSA) is 17.8 Å². The van der Waals surface area contributed by atoms with Gasteiger partial charge in [0.05, 0.1) is 6.20 Å². The molecular formula is C7H10N2S. The van der Waals surface area contributed by atoms with E-state index in [1.165, 1.54) is 0 Å². The third kappa shape index (κ3) is 1.42. The zero-order valence-corrected chi connectivity index (χ0v) is 6.98. The highest BCUT2D eigenvalue weighted by atomic mass is 32.1. The maximum atomic E-state index is 5.04. The smallest absolute Gasteiger partial charge is 0.122 e. The van der Waals surface area contributed by atoms with Gasteiger partial charge in [-0.3, -0.25) is 4.68 Å². The quantitative estimate of drug-likeness (QED) is 0.575. The van der Waals surface area contributed by atoms with Crippen molar-refractivity contribution in [3.8, 4) is 0 Å². The molecule has 0 aromatic carbocycles. The molecule has 54 valence electrons. The SMILES string of the molecule is CCn1ncc(C)cc1=S. The lowest BCUT2D eigenvalue weighted by Crippen LogP contribution is -2.01. The zero-order chi connectivity index (χ0) is 7.56. The van der Waals surface area contributed by atoms with Crippen molar-refractivity contribution in [2.75, 3.05) is 0 Å². The van der Waals surface area contributed by atoms with Crippen LogP contribution in [-0.2, 0) is 6.54 Å². The van der Waals surface area contributed by atoms with E-state index < -0.39 is 0 Å². The van der Waals surface area contributed by atoms with E-state index in [0.717, 1.165) is 16.7 Å². The van der Waals surface area contributed by atoms with Crippen molar-refractivity contribution in [1.82, 2.24) is 9.78 Å². The van der Waals surface area contributed by atoms with E-state index in [0.29, 0.717) is 0 Å². The lowest BCUT2D eigenvalue weighted by atomic mass is 10.4. The van der Waals surface area contributed by atoms with Gasteiger partial charge in [0.2, 0.25) is 0 Å². The van der Waals surface area contributed by atoms with Crippen molar-refractivity contribution in [3.05, 3.63) is 22.5 Å². The van der Waals surface area contributed by atoms with Gasteiger partial charge < -0.3 is 0 Å². The predicted molar refractivity (Wildman–Crippen MR) is 43.5 cm³/mol. The number of aromatic nitrogens is 2. The van der Waals surface area contributed by atoms with Gasteiger partial charge >= 0.3 is 0 Å². The maximum absolute atomic E-state index is 5.04. The first-order valence-electron chi connectivity index (χ1n) is 3.28. The van der Waals surface area contributed by atoms with E-state index >= 15 is 0 Å². The largest absolute Gasteiger partial charge is 0.255 e. The van der Waals surface area contributed by atoms with E-state index in [4.69, 9.17) is 12.2 Å². The van der Waals surface area contributed by atoms with Crippen molar-refractivity contribution in [2.24, 2.45) is 0 Å². The fraction of sp³-hybridized carbons (Fsp3) is 0.429. The highest BCUT2D eigenvalue weighted by Crippen LogP contribution is 1.95. The summed E-state index contributed by atoms with van der Waals surface area (Å²) in [6.07, 6.45) is 1.82. The monoisotopic (exact) mass is 154 g/mol. The van der Waals surface area contributed by atoms with Gasteiger partial charge in [0.25, 0.3) is 0 Å². The van der Waals surface area contributed by atoms with Crippen LogP contribution in [-0.4, -0.2) is 9.78 Å². The Kier molecular flexibility index (Phi) is 2.17. The fourth-order valence-corrected chi connectivity index (χ4v) is 1.12. The second kappa shape index (κ2) is 2.92. The van der Waals surface area contributed by atoms with Crippen LogP contribution in [0.15, 0.2) is 12.3 Å². The number of nitrogens with zero attached hydrogens (tertiary/aromatic N) is 2. The Morgan fingerprint density at radius 2 is 2.40 bits per heavy atom. The summed E-state index contributed by atoms with van der Waals surface area (Å²) in [5, 5.41) is 4.11. The number of rotatable bonds is 1. The van der Waals surface area contributed by atoms with Gasteiger partial charge in [0.1, 0.15) is 4.64 Å². The van der Waals surface area contributed by atoms with Crippen LogP contribution in [0.4, 0.5) is 0 Å². The average Bonchev–Trinajstić information content (AvgIpc) is 1.88. The molecule has 3 heteroatoms. The van der Waals surface area contributed by atoms with E-state index in [-0.39, 0.29) is 0 Å². The summed E-state index contributed by atoms with van der Waals surface area (Å²) < 4.78 is 2.60. The van der Waals surface area contributed by atoms with Crippen LogP contribution in [0.1, 0.15) is 12.5 Å². The van der Waals surface area contributed by atoms with Crippen molar-refractivity contribution >= 4 is 12.2 Å². The highest BCUT2D eigenvalue weighted by molar-refractivity contribution is 7.71. The molecule has 1 aromatic rings. The minimum Gasteiger partial charge on any atom is -0.255 e. The van der Waals surface area contributed by atoms with E-state index in [1.807, 2.05) is 26.1 Å². The molecule has 0 amide bonds. The molecule has 0 aliphatic heterocycles. The summed E-state index contributed by atoms with van der Waals surface area (Å²) in [6, 6.07) is 1.95. The molecule has 0 atom stereocenters. The summed E-state index contributed by atoms with van der Waals surface area (Å²) in [7, 11) is 0. The predicted octanol–water partition coefficient (Wildman–Crippen LogP) is 1.94. The lowest BCUT2D eigenvalue weighted by molar-refractivity contribution is 0.628. The Morgan fingerprint density at radius 1 is 1.70 bits per heavy atom. The average molecular weight is 154 g/mol. The van der Waals surface area contributed by atoms with Crippen LogP contribution in [0.2, 0.25) is 0 Å². The van der Waals surface area contributed by atoms with E-state index in [9.17, 15) is 0 Å². The molecule has 1 heterocycles. The summed E-state index contributed by atoms with van der Waals surface area (Å²) >= 11 is 5.04. The van der Waals surface area contributed by atoms with Gasteiger partial charge in [-0.05, 0) is 25.5 Å². The highest BCUT2D eigenvalue weighted by Gasteiger charge is 1.88. The standard InChI is InChI=1S/C7H10N2S/c1-3-9-7(10)4-6(2)5-8-9/h4-5H,3H2,1-2H3. The second-order valence-electron chi connectivity index (χ2n) is 2.19. The molecule has 0 saturated carbocycles. The Balaban J connectivity index is 3.20. The Labute approximate surface area is 65.5 Å². The normalized spacial score (nSPS) is 9.80. The molecule has 0 radical (unpaired) electrons. The van der Waals surface area contributed by atoms with E-state index in [1.54, 1.807) is 4.68 Å². The van der Waals surface area contributed by atoms with Gasteiger partial charge in [-0.15, -0.1) is 0 Å². The number of hydrogen-bond acceptors (Lipinski definition) is 2. The summed E-state index contributed by atoms with van der Waals surface area (Å²) in [6.45, 7) is 4.86. The summed E-state index contributed by atoms with van der Waals surface area (Å²) in [5.41, 5.74) is 1.12. The summed E-state index contributed by atoms with van der Waals surface area (Å²) in [5.74, 6) is 0. The molecule has 0 bridgehead atoms. The molecule has 0 fully saturated rings. The number of aryl methyl sites for hydroxylation is 2. The minimum absolute atomic E-state index is 0.808. The zero-order valence-electron chi connectivity index (χ0n) is 6.16. The molecule has 0 unspecified atom stereocenters. The van der Waals surface area contributed by atoms with Crippen molar-refractivity contribution in [2.45, 2.75) is 20.4 Å². The van der Waals surface area contributed by atoms with Crippen LogP contribution in [0.25, 0.3) is 0 Å². The molecule has 10 heavy (non-hydrogen) atoms. The molecule has 1 aromatic heterocycles. The van der Waals surface area contributed by atoms with Crippen LogP contribution in [0.3, 0.4) is 0 Å². The first-order chi connectivity index (χ1) is 4.74. The second-order valence-corrected chi connectivity index (χ2v) is 2.61. The molecule has 0 N–H and O–H groups in total.